The van der Waals surface area contributed by atoms with E-state index in [-0.39, 0.29) is 48.4 Å². The van der Waals surface area contributed by atoms with Gasteiger partial charge in [0.1, 0.15) is 0 Å². The summed E-state index contributed by atoms with van der Waals surface area (Å²) >= 11 is 5.87. The number of rotatable bonds is 6. The predicted molar refractivity (Wildman–Crippen MR) is 121 cm³/mol. The van der Waals surface area contributed by atoms with Crippen LogP contribution in [0.4, 0.5) is 11.4 Å². The molecule has 0 spiro atoms. The second-order valence-electron chi connectivity index (χ2n) is 8.13. The minimum Gasteiger partial charge on any atom is -0.325 e. The lowest BCUT2D eigenvalue weighted by molar-refractivity contribution is -0.140. The second-order valence-corrected chi connectivity index (χ2v) is 8.57. The van der Waals surface area contributed by atoms with Crippen LogP contribution in [0.5, 0.6) is 0 Å². The molecule has 2 N–H and O–H groups in total. The number of imide groups is 1. The van der Waals surface area contributed by atoms with Crippen LogP contribution in [0, 0.1) is 11.8 Å². The van der Waals surface area contributed by atoms with Gasteiger partial charge in [-0.3, -0.25) is 24.1 Å². The van der Waals surface area contributed by atoms with Crippen molar-refractivity contribution in [2.24, 2.45) is 11.8 Å². The van der Waals surface area contributed by atoms with Crippen molar-refractivity contribution < 1.29 is 19.2 Å². The third-order valence-corrected chi connectivity index (χ3v) is 6.29. The number of likely N-dealkylation sites (tertiary alicyclic amines) is 1. The molecule has 1 saturated heterocycles. The summed E-state index contributed by atoms with van der Waals surface area (Å²) in [5.41, 5.74) is 1.24. The highest BCUT2D eigenvalue weighted by Crippen LogP contribution is 2.38. The number of carbonyl (C=O) groups excluding carboxylic acids is 4. The van der Waals surface area contributed by atoms with E-state index in [0.29, 0.717) is 22.0 Å². The van der Waals surface area contributed by atoms with Gasteiger partial charge < -0.3 is 10.6 Å². The molecule has 1 saturated carbocycles. The van der Waals surface area contributed by atoms with E-state index in [0.717, 1.165) is 25.7 Å². The molecule has 1 heterocycles. The quantitative estimate of drug-likeness (QED) is 0.644. The maximum absolute atomic E-state index is 12.7. The van der Waals surface area contributed by atoms with Gasteiger partial charge in [0.25, 0.3) is 5.91 Å². The molecular formula is C24H24ClN3O4. The van der Waals surface area contributed by atoms with Gasteiger partial charge in [0, 0.05) is 23.7 Å². The van der Waals surface area contributed by atoms with E-state index in [1.807, 2.05) is 0 Å². The first kappa shape index (κ1) is 22.0. The molecule has 8 heteroatoms. The van der Waals surface area contributed by atoms with E-state index in [2.05, 4.69) is 10.6 Å². The van der Waals surface area contributed by atoms with E-state index >= 15 is 0 Å². The molecule has 0 radical (unpaired) electrons. The smallest absolute Gasteiger partial charge is 0.257 e. The van der Waals surface area contributed by atoms with Crippen molar-refractivity contribution >= 4 is 46.6 Å². The average Bonchev–Trinajstić information content (AvgIpc) is 3.04. The van der Waals surface area contributed by atoms with Crippen molar-refractivity contribution in [2.75, 3.05) is 17.2 Å². The number of hydrogen-bond donors (Lipinski definition) is 2. The summed E-state index contributed by atoms with van der Waals surface area (Å²) < 4.78 is 0. The molecule has 0 bridgehead atoms. The molecule has 2 aliphatic rings. The van der Waals surface area contributed by atoms with Crippen LogP contribution < -0.4 is 10.6 Å². The van der Waals surface area contributed by atoms with Crippen LogP contribution in [0.3, 0.4) is 0 Å². The highest BCUT2D eigenvalue weighted by Gasteiger charge is 2.47. The van der Waals surface area contributed by atoms with E-state index in [1.54, 1.807) is 48.5 Å². The predicted octanol–water partition coefficient (Wildman–Crippen LogP) is 4.10. The zero-order chi connectivity index (χ0) is 22.7. The summed E-state index contributed by atoms with van der Waals surface area (Å²) in [7, 11) is 0. The van der Waals surface area contributed by atoms with Gasteiger partial charge in [0.15, 0.2) is 0 Å². The summed E-state index contributed by atoms with van der Waals surface area (Å²) in [5.74, 6) is -1.51. The summed E-state index contributed by atoms with van der Waals surface area (Å²) in [6.07, 6.45) is 3.39. The summed E-state index contributed by atoms with van der Waals surface area (Å²) in [6.45, 7) is 0.0512. The van der Waals surface area contributed by atoms with Crippen molar-refractivity contribution in [3.8, 4) is 0 Å². The Morgan fingerprint density at radius 2 is 1.53 bits per heavy atom. The van der Waals surface area contributed by atoms with Crippen LogP contribution in [-0.2, 0) is 14.4 Å². The molecule has 2 atom stereocenters. The summed E-state index contributed by atoms with van der Waals surface area (Å²) in [4.78, 5) is 51.6. The fraction of sp³-hybridized carbons (Fsp3) is 0.333. The number of para-hydroxylation sites is 1. The third-order valence-electron chi connectivity index (χ3n) is 6.04. The minimum absolute atomic E-state index is 0.0238. The maximum atomic E-state index is 12.7. The van der Waals surface area contributed by atoms with Crippen LogP contribution in [-0.4, -0.2) is 35.1 Å². The number of fused-ring (bicyclic) bond motifs is 1. The Bertz CT molecular complexity index is 1030. The molecule has 1 aliphatic heterocycles. The molecule has 0 aromatic heterocycles. The molecule has 1 aliphatic carbocycles. The SMILES string of the molecule is O=C(CCN1C(=O)[C@H]2CCCC[C@H]2C1=O)Nc1ccccc1C(=O)Nc1ccc(Cl)cc1. The average molecular weight is 454 g/mol. The Balaban J connectivity index is 1.37. The Morgan fingerprint density at radius 3 is 2.19 bits per heavy atom. The largest absolute Gasteiger partial charge is 0.325 e. The van der Waals surface area contributed by atoms with Gasteiger partial charge in [0.2, 0.25) is 17.7 Å². The summed E-state index contributed by atoms with van der Waals surface area (Å²) in [6, 6.07) is 13.4. The van der Waals surface area contributed by atoms with Crippen molar-refractivity contribution in [3.63, 3.8) is 0 Å². The minimum atomic E-state index is -0.378. The molecule has 4 rings (SSSR count). The first-order valence-corrected chi connectivity index (χ1v) is 11.1. The summed E-state index contributed by atoms with van der Waals surface area (Å²) in [5, 5.41) is 6.06. The Kier molecular flexibility index (Phi) is 6.55. The Labute approximate surface area is 191 Å². The van der Waals surface area contributed by atoms with Crippen LogP contribution in [0.1, 0.15) is 42.5 Å². The Morgan fingerprint density at radius 1 is 0.906 bits per heavy atom. The fourth-order valence-corrected chi connectivity index (χ4v) is 4.53. The first-order chi connectivity index (χ1) is 15.4. The van der Waals surface area contributed by atoms with Gasteiger partial charge in [-0.1, -0.05) is 36.6 Å². The maximum Gasteiger partial charge on any atom is 0.257 e. The standard InChI is InChI=1S/C24H24ClN3O4/c25-15-9-11-16(12-10-15)26-22(30)19-7-3-4-8-20(19)27-21(29)13-14-28-23(31)17-5-1-2-6-18(17)24(28)32/h3-4,7-12,17-18H,1-2,5-6,13-14H2,(H,26,30)(H,27,29)/t17-,18+. The number of nitrogens with one attached hydrogen (secondary N) is 2. The van der Waals surface area contributed by atoms with Gasteiger partial charge in [-0.25, -0.2) is 0 Å². The molecular weight excluding hydrogens is 430 g/mol. The molecule has 4 amide bonds. The number of halogens is 1. The van der Waals surface area contributed by atoms with Crippen LogP contribution in [0.2, 0.25) is 5.02 Å². The number of carbonyl (C=O) groups is 4. The third kappa shape index (κ3) is 4.67. The van der Waals surface area contributed by atoms with Gasteiger partial charge in [-0.05, 0) is 49.2 Å². The van der Waals surface area contributed by atoms with E-state index in [4.69, 9.17) is 11.6 Å². The van der Waals surface area contributed by atoms with Gasteiger partial charge in [-0.15, -0.1) is 0 Å². The van der Waals surface area contributed by atoms with Crippen molar-refractivity contribution in [1.82, 2.24) is 4.90 Å². The van der Waals surface area contributed by atoms with E-state index in [1.165, 1.54) is 4.90 Å². The number of amides is 4. The lowest BCUT2D eigenvalue weighted by Crippen LogP contribution is -2.34. The molecule has 2 fully saturated rings. The first-order valence-electron chi connectivity index (χ1n) is 10.7. The van der Waals surface area contributed by atoms with Crippen LogP contribution in [0.15, 0.2) is 48.5 Å². The Hall–Kier alpha value is -3.19. The fourth-order valence-electron chi connectivity index (χ4n) is 4.40. The molecule has 166 valence electrons. The van der Waals surface area contributed by atoms with E-state index in [9.17, 15) is 19.2 Å². The molecule has 2 aromatic rings. The van der Waals surface area contributed by atoms with Crippen LogP contribution in [0.25, 0.3) is 0 Å². The van der Waals surface area contributed by atoms with Gasteiger partial charge in [0.05, 0.1) is 23.1 Å². The highest BCUT2D eigenvalue weighted by atomic mass is 35.5. The highest BCUT2D eigenvalue weighted by molar-refractivity contribution is 6.30. The van der Waals surface area contributed by atoms with Crippen LogP contribution >= 0.6 is 11.6 Å². The molecule has 32 heavy (non-hydrogen) atoms. The topological polar surface area (TPSA) is 95.6 Å². The van der Waals surface area contributed by atoms with Crippen molar-refractivity contribution in [2.45, 2.75) is 32.1 Å². The monoisotopic (exact) mass is 453 g/mol. The molecule has 2 aromatic carbocycles. The number of anilines is 2. The van der Waals surface area contributed by atoms with Gasteiger partial charge in [-0.2, -0.15) is 0 Å². The number of benzene rings is 2. The number of nitrogens with zero attached hydrogens (tertiary/aromatic N) is 1. The van der Waals surface area contributed by atoms with E-state index < -0.39 is 0 Å². The molecule has 7 nitrogen and oxygen atoms in total. The zero-order valence-corrected chi connectivity index (χ0v) is 18.2. The lowest BCUT2D eigenvalue weighted by atomic mass is 9.81. The second kappa shape index (κ2) is 9.53. The van der Waals surface area contributed by atoms with Gasteiger partial charge >= 0.3 is 0 Å². The normalized spacial score (nSPS) is 20.1. The van der Waals surface area contributed by atoms with Crippen molar-refractivity contribution in [1.29, 1.82) is 0 Å². The van der Waals surface area contributed by atoms with Crippen molar-refractivity contribution in [3.05, 3.63) is 59.1 Å². The molecule has 0 unspecified atom stereocenters. The zero-order valence-electron chi connectivity index (χ0n) is 17.5. The number of hydrogen-bond acceptors (Lipinski definition) is 4. The lowest BCUT2D eigenvalue weighted by Gasteiger charge is -2.19.